The number of unbranched alkanes of at least 4 members (excludes halogenated alkanes) is 1. The number of piperidine rings is 1. The first kappa shape index (κ1) is 34.0. The van der Waals surface area contributed by atoms with E-state index in [0.717, 1.165) is 42.6 Å². The smallest absolute Gasteiger partial charge is 0.404 e. The first-order valence-corrected chi connectivity index (χ1v) is 18.1. The molecule has 0 aromatic heterocycles. The molecule has 12 nitrogen and oxygen atoms in total. The van der Waals surface area contributed by atoms with Crippen molar-refractivity contribution < 1.29 is 28.0 Å². The SMILES string of the molecule is O=C(O)NCCCC[C@H](CSc1ccccc1)Nc1ccc(S(=O)(=O)NC(=O)c2ccc(N3CCC4(CC3)CC4)cc2)cc1[N+](=O)[O-]. The molecule has 2 amide bonds. The molecular formula is C33H39N5O7S2. The third kappa shape index (κ3) is 9.38. The molecular weight excluding hydrogens is 643 g/mol. The van der Waals surface area contributed by atoms with E-state index < -0.39 is 37.5 Å². The van der Waals surface area contributed by atoms with E-state index in [2.05, 4.69) is 15.5 Å². The number of carbonyl (C=O) groups excluding carboxylic acids is 1. The number of nitrogens with one attached hydrogen (secondary N) is 3. The number of carbonyl (C=O) groups is 2. The average molecular weight is 682 g/mol. The van der Waals surface area contributed by atoms with Crippen LogP contribution >= 0.6 is 11.8 Å². The molecule has 1 heterocycles. The molecule has 2 aliphatic rings. The van der Waals surface area contributed by atoms with Gasteiger partial charge in [0.15, 0.2) is 0 Å². The van der Waals surface area contributed by atoms with Crippen molar-refractivity contribution in [3.8, 4) is 0 Å². The molecule has 0 unspecified atom stereocenters. The predicted molar refractivity (Wildman–Crippen MR) is 182 cm³/mol. The Morgan fingerprint density at radius 1 is 0.979 bits per heavy atom. The minimum atomic E-state index is -4.42. The van der Waals surface area contributed by atoms with Crippen molar-refractivity contribution in [3.05, 3.63) is 88.5 Å². The minimum Gasteiger partial charge on any atom is -0.465 e. The second-order valence-corrected chi connectivity index (χ2v) is 14.9. The topological polar surface area (TPSA) is 171 Å². The Morgan fingerprint density at radius 3 is 2.32 bits per heavy atom. The van der Waals surface area contributed by atoms with Gasteiger partial charge in [0.25, 0.3) is 21.6 Å². The summed E-state index contributed by atoms with van der Waals surface area (Å²) in [6.07, 6.45) is 5.66. The van der Waals surface area contributed by atoms with Crippen LogP contribution in [0.3, 0.4) is 0 Å². The molecule has 1 saturated carbocycles. The highest BCUT2D eigenvalue weighted by atomic mass is 32.2. The number of rotatable bonds is 15. The fraction of sp³-hybridized carbons (Fsp3) is 0.394. The summed E-state index contributed by atoms with van der Waals surface area (Å²) in [6.45, 7) is 2.20. The molecule has 4 N–H and O–H groups in total. The van der Waals surface area contributed by atoms with Crippen LogP contribution in [0.5, 0.6) is 0 Å². The van der Waals surface area contributed by atoms with E-state index >= 15 is 0 Å². The summed E-state index contributed by atoms with van der Waals surface area (Å²) in [4.78, 5) is 38.0. The highest BCUT2D eigenvalue weighted by Gasteiger charge is 2.44. The van der Waals surface area contributed by atoms with Crippen LogP contribution in [0, 0.1) is 15.5 Å². The number of nitrogens with zero attached hydrogens (tertiary/aromatic N) is 2. The van der Waals surface area contributed by atoms with Gasteiger partial charge in [-0.15, -0.1) is 11.8 Å². The second kappa shape index (κ2) is 15.1. The molecule has 5 rings (SSSR count). The van der Waals surface area contributed by atoms with E-state index in [0.29, 0.717) is 30.4 Å². The second-order valence-electron chi connectivity index (χ2n) is 12.1. The van der Waals surface area contributed by atoms with Crippen molar-refractivity contribution in [2.45, 2.75) is 60.8 Å². The van der Waals surface area contributed by atoms with Gasteiger partial charge in [-0.1, -0.05) is 18.2 Å². The first-order chi connectivity index (χ1) is 22.5. The van der Waals surface area contributed by atoms with Crippen molar-refractivity contribution in [2.75, 3.05) is 35.6 Å². The number of amides is 2. The van der Waals surface area contributed by atoms with Crippen LogP contribution in [0.4, 0.5) is 21.9 Å². The Bertz CT molecular complexity index is 1670. The third-order valence-corrected chi connectivity index (χ3v) is 11.3. The van der Waals surface area contributed by atoms with E-state index in [-0.39, 0.29) is 23.8 Å². The minimum absolute atomic E-state index is 0.142. The summed E-state index contributed by atoms with van der Waals surface area (Å²) in [6, 6.07) is 19.7. The van der Waals surface area contributed by atoms with Crippen LogP contribution in [0.25, 0.3) is 0 Å². The fourth-order valence-corrected chi connectivity index (χ4v) is 7.76. The molecule has 3 aromatic rings. The summed E-state index contributed by atoms with van der Waals surface area (Å²) in [5, 5.41) is 26.4. The zero-order valence-corrected chi connectivity index (χ0v) is 27.5. The normalized spacial score (nSPS) is 15.9. The molecule has 47 heavy (non-hydrogen) atoms. The lowest BCUT2D eigenvalue weighted by Gasteiger charge is -2.33. The summed E-state index contributed by atoms with van der Waals surface area (Å²) in [5.74, 6) is -0.270. The summed E-state index contributed by atoms with van der Waals surface area (Å²) in [5.41, 5.74) is 1.39. The van der Waals surface area contributed by atoms with Gasteiger partial charge in [-0.2, -0.15) is 0 Å². The fourth-order valence-electron chi connectivity index (χ4n) is 5.77. The number of carboxylic acid groups (broad SMARTS) is 1. The van der Waals surface area contributed by atoms with Gasteiger partial charge < -0.3 is 20.6 Å². The Balaban J connectivity index is 1.24. The van der Waals surface area contributed by atoms with E-state index in [1.807, 2.05) is 47.2 Å². The van der Waals surface area contributed by atoms with Gasteiger partial charge in [-0.05, 0) is 98.9 Å². The molecule has 1 aliphatic carbocycles. The first-order valence-electron chi connectivity index (χ1n) is 15.7. The zero-order chi connectivity index (χ0) is 33.4. The Morgan fingerprint density at radius 2 is 1.68 bits per heavy atom. The predicted octanol–water partition coefficient (Wildman–Crippen LogP) is 6.10. The molecule has 3 aromatic carbocycles. The Hall–Kier alpha value is -4.30. The molecule has 1 atom stereocenters. The van der Waals surface area contributed by atoms with E-state index in [9.17, 15) is 28.1 Å². The number of sulfonamides is 1. The van der Waals surface area contributed by atoms with Gasteiger partial charge in [-0.25, -0.2) is 17.9 Å². The maximum Gasteiger partial charge on any atom is 0.404 e. The number of benzene rings is 3. The van der Waals surface area contributed by atoms with Crippen LogP contribution in [-0.4, -0.2) is 61.9 Å². The van der Waals surface area contributed by atoms with Crippen molar-refractivity contribution in [1.82, 2.24) is 10.0 Å². The van der Waals surface area contributed by atoms with E-state index in [1.54, 1.807) is 23.9 Å². The van der Waals surface area contributed by atoms with Crippen molar-refractivity contribution in [2.24, 2.45) is 5.41 Å². The summed E-state index contributed by atoms with van der Waals surface area (Å²) >= 11 is 1.57. The lowest BCUT2D eigenvalue weighted by atomic mass is 9.93. The maximum atomic E-state index is 13.2. The van der Waals surface area contributed by atoms with E-state index in [1.165, 1.54) is 25.0 Å². The summed E-state index contributed by atoms with van der Waals surface area (Å²) in [7, 11) is -4.42. The van der Waals surface area contributed by atoms with E-state index in [4.69, 9.17) is 5.11 Å². The Kier molecular flexibility index (Phi) is 10.9. The van der Waals surface area contributed by atoms with Gasteiger partial charge in [0, 0.05) is 53.6 Å². The van der Waals surface area contributed by atoms with Crippen molar-refractivity contribution in [3.63, 3.8) is 0 Å². The standard InChI is InChI=1S/C33H39N5O7S2/c39-31(24-9-11-26(12-10-24)37-20-17-33(15-16-33)18-21-37)36-47(44,45)28-13-14-29(30(22-28)38(42)43)35-25(6-4-5-19-34-32(40)41)23-46-27-7-2-1-3-8-27/h1-3,7-14,22,25,34-35H,4-6,15-21,23H2,(H,36,39)(H,40,41)/t25-/m1/s1. The highest BCUT2D eigenvalue weighted by molar-refractivity contribution is 7.99. The number of hydrogen-bond donors (Lipinski definition) is 4. The monoisotopic (exact) mass is 681 g/mol. The lowest BCUT2D eigenvalue weighted by Crippen LogP contribution is -2.34. The quantitative estimate of drug-likeness (QED) is 0.0636. The molecule has 2 fully saturated rings. The van der Waals surface area contributed by atoms with Crippen LogP contribution in [0.2, 0.25) is 0 Å². The largest absolute Gasteiger partial charge is 0.465 e. The van der Waals surface area contributed by atoms with Gasteiger partial charge >= 0.3 is 6.09 Å². The zero-order valence-electron chi connectivity index (χ0n) is 25.9. The van der Waals surface area contributed by atoms with Crippen molar-refractivity contribution in [1.29, 1.82) is 0 Å². The summed E-state index contributed by atoms with van der Waals surface area (Å²) < 4.78 is 28.4. The highest BCUT2D eigenvalue weighted by Crippen LogP contribution is 2.53. The number of anilines is 2. The average Bonchev–Trinajstić information content (AvgIpc) is 3.82. The van der Waals surface area contributed by atoms with Crippen LogP contribution in [0.1, 0.15) is 55.3 Å². The van der Waals surface area contributed by atoms with Gasteiger partial charge in [0.1, 0.15) is 5.69 Å². The number of nitro benzene ring substituents is 1. The maximum absolute atomic E-state index is 13.2. The molecule has 0 radical (unpaired) electrons. The van der Waals surface area contributed by atoms with Gasteiger partial charge in [0.05, 0.1) is 9.82 Å². The third-order valence-electron chi connectivity index (χ3n) is 8.79. The van der Waals surface area contributed by atoms with Crippen molar-refractivity contribution >= 4 is 50.8 Å². The molecule has 0 bridgehead atoms. The molecule has 1 spiro atoms. The number of hydrogen-bond acceptors (Lipinski definition) is 9. The number of thioether (sulfide) groups is 1. The Labute approximate surface area is 278 Å². The lowest BCUT2D eigenvalue weighted by molar-refractivity contribution is -0.384. The van der Waals surface area contributed by atoms with Gasteiger partial charge in [0.2, 0.25) is 0 Å². The molecule has 14 heteroatoms. The van der Waals surface area contributed by atoms with Crippen LogP contribution in [0.15, 0.2) is 82.6 Å². The number of nitro groups is 1. The molecule has 1 saturated heterocycles. The molecule has 250 valence electrons. The van der Waals surface area contributed by atoms with Crippen LogP contribution < -0.4 is 20.3 Å². The van der Waals surface area contributed by atoms with Gasteiger partial charge in [-0.3, -0.25) is 14.9 Å². The van der Waals surface area contributed by atoms with Crippen LogP contribution in [-0.2, 0) is 10.0 Å². The molecule has 1 aliphatic heterocycles.